The fourth-order valence-electron chi connectivity index (χ4n) is 8.82. The van der Waals surface area contributed by atoms with Gasteiger partial charge in [-0.05, 0) is 92.9 Å². The molecule has 0 bridgehead atoms. The maximum absolute atomic E-state index is 6.32. The van der Waals surface area contributed by atoms with E-state index < -0.39 is 0 Å². The van der Waals surface area contributed by atoms with Crippen LogP contribution < -0.4 is 5.32 Å². The van der Waals surface area contributed by atoms with Crippen molar-refractivity contribution in [2.24, 2.45) is 40.4 Å². The first-order valence-corrected chi connectivity index (χ1v) is 12.4. The standard InChI is InChI=1S/C25H43NO2/c1-17(2)26-16-18-7-10-23(3)19(15-18)5-6-20-21(23)8-11-24(4)22(20)9-12-25(24)27-13-14-28-25/h17-22,26H,5-16H2,1-4H3. The molecule has 3 nitrogen and oxygen atoms in total. The average Bonchev–Trinajstić information content (AvgIpc) is 3.26. The van der Waals surface area contributed by atoms with Crippen molar-refractivity contribution in [3.05, 3.63) is 0 Å². The zero-order valence-electron chi connectivity index (χ0n) is 18.8. The Bertz CT molecular complexity index is 585. The minimum Gasteiger partial charge on any atom is -0.347 e. The second kappa shape index (κ2) is 6.95. The fourth-order valence-corrected chi connectivity index (χ4v) is 8.82. The van der Waals surface area contributed by atoms with Crippen LogP contribution in [-0.2, 0) is 9.47 Å². The lowest BCUT2D eigenvalue weighted by molar-refractivity contribution is -0.247. The van der Waals surface area contributed by atoms with Crippen LogP contribution in [0.15, 0.2) is 0 Å². The SMILES string of the molecule is CC(C)NCC1CCC2(C)C(CCC3C2CCC2(C)C3CCC23OCCO3)C1. The molecule has 7 atom stereocenters. The molecule has 5 rings (SSSR count). The minimum atomic E-state index is -0.236. The van der Waals surface area contributed by atoms with E-state index in [-0.39, 0.29) is 11.2 Å². The molecule has 1 N–H and O–H groups in total. The third kappa shape index (κ3) is 2.78. The molecule has 1 spiro atoms. The number of hydrogen-bond acceptors (Lipinski definition) is 3. The van der Waals surface area contributed by atoms with E-state index in [4.69, 9.17) is 9.47 Å². The van der Waals surface area contributed by atoms with Crippen molar-refractivity contribution in [1.82, 2.24) is 5.32 Å². The molecule has 1 saturated heterocycles. The Hall–Kier alpha value is -0.120. The lowest BCUT2D eigenvalue weighted by atomic mass is 9.44. The van der Waals surface area contributed by atoms with Crippen molar-refractivity contribution in [1.29, 1.82) is 0 Å². The van der Waals surface area contributed by atoms with E-state index in [0.717, 1.165) is 49.2 Å². The van der Waals surface area contributed by atoms with Gasteiger partial charge in [0, 0.05) is 17.9 Å². The average molecular weight is 390 g/mol. The van der Waals surface area contributed by atoms with E-state index >= 15 is 0 Å². The van der Waals surface area contributed by atoms with E-state index in [0.29, 0.717) is 11.5 Å². The summed E-state index contributed by atoms with van der Waals surface area (Å²) < 4.78 is 12.6. The molecule has 5 aliphatic rings. The van der Waals surface area contributed by atoms with Crippen LogP contribution in [0.4, 0.5) is 0 Å². The van der Waals surface area contributed by atoms with E-state index in [2.05, 4.69) is 33.0 Å². The van der Waals surface area contributed by atoms with E-state index in [9.17, 15) is 0 Å². The van der Waals surface area contributed by atoms with Crippen LogP contribution in [-0.4, -0.2) is 31.6 Å². The van der Waals surface area contributed by atoms with Crippen molar-refractivity contribution in [2.45, 2.75) is 97.3 Å². The monoisotopic (exact) mass is 389 g/mol. The molecule has 7 unspecified atom stereocenters. The van der Waals surface area contributed by atoms with Gasteiger partial charge in [-0.25, -0.2) is 0 Å². The smallest absolute Gasteiger partial charge is 0.174 e. The number of hydrogen-bond donors (Lipinski definition) is 1. The number of nitrogens with one attached hydrogen (secondary N) is 1. The highest BCUT2D eigenvalue weighted by molar-refractivity contribution is 5.12. The number of ether oxygens (including phenoxy) is 2. The van der Waals surface area contributed by atoms with Crippen molar-refractivity contribution >= 4 is 0 Å². The molecule has 1 heterocycles. The second-order valence-electron chi connectivity index (χ2n) is 11.8. The summed E-state index contributed by atoms with van der Waals surface area (Å²) in [6, 6.07) is 0.620. The highest BCUT2D eigenvalue weighted by atomic mass is 16.7. The molecule has 28 heavy (non-hydrogen) atoms. The van der Waals surface area contributed by atoms with Gasteiger partial charge in [-0.2, -0.15) is 0 Å². The van der Waals surface area contributed by atoms with Crippen molar-refractivity contribution in [3.63, 3.8) is 0 Å². The highest BCUT2D eigenvalue weighted by Crippen LogP contribution is 2.69. The minimum absolute atomic E-state index is 0.236. The lowest BCUT2D eigenvalue weighted by Crippen LogP contribution is -2.57. The predicted molar refractivity (Wildman–Crippen MR) is 113 cm³/mol. The van der Waals surface area contributed by atoms with Crippen molar-refractivity contribution < 1.29 is 9.47 Å². The maximum atomic E-state index is 6.32. The maximum Gasteiger partial charge on any atom is 0.174 e. The quantitative estimate of drug-likeness (QED) is 0.702. The van der Waals surface area contributed by atoms with Gasteiger partial charge in [-0.15, -0.1) is 0 Å². The van der Waals surface area contributed by atoms with Crippen LogP contribution in [0.25, 0.3) is 0 Å². The normalized spacial score (nSPS) is 49.8. The van der Waals surface area contributed by atoms with E-state index in [1.807, 2.05) is 0 Å². The molecular formula is C25H43NO2. The van der Waals surface area contributed by atoms with Crippen molar-refractivity contribution in [3.8, 4) is 0 Å². The van der Waals surface area contributed by atoms with E-state index in [1.165, 1.54) is 57.9 Å². The Morgan fingerprint density at radius 3 is 2.39 bits per heavy atom. The molecule has 4 saturated carbocycles. The van der Waals surface area contributed by atoms with Crippen LogP contribution in [0.2, 0.25) is 0 Å². The summed E-state index contributed by atoms with van der Waals surface area (Å²) in [7, 11) is 0. The molecule has 0 aromatic carbocycles. The summed E-state index contributed by atoms with van der Waals surface area (Å²) in [6.45, 7) is 12.6. The molecule has 3 heteroatoms. The van der Waals surface area contributed by atoms with Gasteiger partial charge >= 0.3 is 0 Å². The van der Waals surface area contributed by atoms with Gasteiger partial charge in [0.25, 0.3) is 0 Å². The van der Waals surface area contributed by atoms with Gasteiger partial charge in [0.15, 0.2) is 5.79 Å². The molecule has 5 fully saturated rings. The van der Waals surface area contributed by atoms with Gasteiger partial charge in [-0.3, -0.25) is 0 Å². The third-order valence-electron chi connectivity index (χ3n) is 10.4. The summed E-state index contributed by atoms with van der Waals surface area (Å²) in [5.74, 6) is 4.31. The molecule has 160 valence electrons. The van der Waals surface area contributed by atoms with Gasteiger partial charge < -0.3 is 14.8 Å². The summed E-state index contributed by atoms with van der Waals surface area (Å²) in [5.41, 5.74) is 0.845. The fraction of sp³-hybridized carbons (Fsp3) is 1.00. The Balaban J connectivity index is 1.32. The topological polar surface area (TPSA) is 30.5 Å². The summed E-state index contributed by atoms with van der Waals surface area (Å²) >= 11 is 0. The third-order valence-corrected chi connectivity index (χ3v) is 10.4. The molecule has 4 aliphatic carbocycles. The molecule has 0 aromatic rings. The Morgan fingerprint density at radius 2 is 1.64 bits per heavy atom. The van der Waals surface area contributed by atoms with Gasteiger partial charge in [0.2, 0.25) is 0 Å². The first kappa shape index (κ1) is 19.8. The summed E-state index contributed by atoms with van der Waals surface area (Å²) in [4.78, 5) is 0. The number of rotatable bonds is 3. The molecule has 1 aliphatic heterocycles. The summed E-state index contributed by atoms with van der Waals surface area (Å²) in [5, 5.41) is 3.71. The second-order valence-corrected chi connectivity index (χ2v) is 11.8. The molecule has 0 radical (unpaired) electrons. The number of fused-ring (bicyclic) bond motifs is 6. The molecule has 0 aromatic heterocycles. The predicted octanol–water partition coefficient (Wildman–Crippen LogP) is 5.39. The van der Waals surface area contributed by atoms with Gasteiger partial charge in [-0.1, -0.05) is 27.7 Å². The Morgan fingerprint density at radius 1 is 0.893 bits per heavy atom. The van der Waals surface area contributed by atoms with Crippen LogP contribution in [0, 0.1) is 40.4 Å². The molecule has 0 amide bonds. The van der Waals surface area contributed by atoms with Gasteiger partial charge in [0.05, 0.1) is 13.2 Å². The molecular weight excluding hydrogens is 346 g/mol. The van der Waals surface area contributed by atoms with E-state index in [1.54, 1.807) is 0 Å². The van der Waals surface area contributed by atoms with Crippen LogP contribution in [0.5, 0.6) is 0 Å². The van der Waals surface area contributed by atoms with Crippen LogP contribution >= 0.6 is 0 Å². The lowest BCUT2D eigenvalue weighted by Gasteiger charge is -2.61. The zero-order chi connectivity index (χ0) is 19.6. The first-order chi connectivity index (χ1) is 13.4. The largest absolute Gasteiger partial charge is 0.347 e. The Labute approximate surface area is 172 Å². The first-order valence-electron chi connectivity index (χ1n) is 12.4. The van der Waals surface area contributed by atoms with Crippen LogP contribution in [0.1, 0.15) is 85.5 Å². The van der Waals surface area contributed by atoms with Crippen LogP contribution in [0.3, 0.4) is 0 Å². The zero-order valence-corrected chi connectivity index (χ0v) is 18.8. The highest BCUT2D eigenvalue weighted by Gasteiger charge is 2.67. The van der Waals surface area contributed by atoms with Gasteiger partial charge in [0.1, 0.15) is 0 Å². The Kier molecular flexibility index (Phi) is 4.92. The summed E-state index contributed by atoms with van der Waals surface area (Å²) in [6.07, 6.45) is 12.5. The van der Waals surface area contributed by atoms with Crippen molar-refractivity contribution in [2.75, 3.05) is 19.8 Å².